The van der Waals surface area contributed by atoms with Crippen LogP contribution in [0.15, 0.2) is 169 Å². The van der Waals surface area contributed by atoms with Gasteiger partial charge < -0.3 is 0 Å². The van der Waals surface area contributed by atoms with Crippen molar-refractivity contribution in [1.82, 2.24) is 10.4 Å². The third-order valence-electron chi connectivity index (χ3n) is 11.2. The summed E-state index contributed by atoms with van der Waals surface area (Å²) in [6.45, 7) is 7.85. The SMILES string of the molecule is CCC(C)C(c1ccc(-c2ccc(-c3ccc4c5ccccc5c5ccccc5c4c3)cc2)cc1)N(Cc1ccccc1)NC(C)C1=CC=CCC1. The fourth-order valence-electron chi connectivity index (χ4n) is 8.17. The number of hydrazine groups is 1. The van der Waals surface area contributed by atoms with Crippen molar-refractivity contribution >= 4 is 32.3 Å². The van der Waals surface area contributed by atoms with Crippen molar-refractivity contribution in [1.29, 1.82) is 0 Å². The summed E-state index contributed by atoms with van der Waals surface area (Å²) in [6, 6.07) is 54.3. The van der Waals surface area contributed by atoms with Crippen LogP contribution < -0.4 is 5.43 Å². The summed E-state index contributed by atoms with van der Waals surface area (Å²) >= 11 is 0. The molecule has 0 amide bonds. The van der Waals surface area contributed by atoms with Gasteiger partial charge in [-0.3, -0.25) is 0 Å². The molecule has 7 aromatic carbocycles. The van der Waals surface area contributed by atoms with E-state index in [2.05, 4.69) is 195 Å². The summed E-state index contributed by atoms with van der Waals surface area (Å²) in [5.41, 5.74) is 13.1. The van der Waals surface area contributed by atoms with Crippen LogP contribution in [0.2, 0.25) is 0 Å². The summed E-state index contributed by atoms with van der Waals surface area (Å²) in [7, 11) is 0. The molecule has 0 aliphatic heterocycles. The van der Waals surface area contributed by atoms with Crippen molar-refractivity contribution in [3.8, 4) is 22.3 Å². The monoisotopic (exact) mass is 676 g/mol. The van der Waals surface area contributed by atoms with Crippen LogP contribution in [0.5, 0.6) is 0 Å². The molecule has 1 aliphatic rings. The molecular formula is C50H48N2. The molecule has 2 heteroatoms. The summed E-state index contributed by atoms with van der Waals surface area (Å²) in [5, 5.41) is 10.4. The topological polar surface area (TPSA) is 15.3 Å². The Morgan fingerprint density at radius 3 is 1.67 bits per heavy atom. The van der Waals surface area contributed by atoms with Crippen LogP contribution in [-0.2, 0) is 6.54 Å². The van der Waals surface area contributed by atoms with Crippen molar-refractivity contribution in [3.05, 3.63) is 181 Å². The van der Waals surface area contributed by atoms with Gasteiger partial charge in [0.05, 0.1) is 6.04 Å². The molecule has 0 fully saturated rings. The van der Waals surface area contributed by atoms with Crippen LogP contribution in [0.3, 0.4) is 0 Å². The Hall–Kier alpha value is -5.28. The van der Waals surface area contributed by atoms with E-state index >= 15 is 0 Å². The molecule has 1 aliphatic carbocycles. The zero-order valence-corrected chi connectivity index (χ0v) is 30.6. The van der Waals surface area contributed by atoms with E-state index in [-0.39, 0.29) is 12.1 Å². The second kappa shape index (κ2) is 15.1. The lowest BCUT2D eigenvalue weighted by molar-refractivity contribution is 0.0651. The van der Waals surface area contributed by atoms with Gasteiger partial charge in [0.25, 0.3) is 0 Å². The van der Waals surface area contributed by atoms with E-state index in [1.54, 1.807) is 0 Å². The lowest BCUT2D eigenvalue weighted by Crippen LogP contribution is -2.47. The molecule has 52 heavy (non-hydrogen) atoms. The molecular weight excluding hydrogens is 629 g/mol. The van der Waals surface area contributed by atoms with Crippen molar-refractivity contribution in [2.45, 2.75) is 58.7 Å². The standard InChI is InChI=1S/C50H48N2/c1-4-35(2)50(52(34-37-15-7-5-8-16-37)51-36(3)38-17-9-6-10-18-38)42-29-27-40(28-30-42)39-23-25-41(26-24-39)43-31-32-48-46-21-12-11-19-44(46)45-20-13-14-22-47(45)49(48)33-43/h5-9,11-17,19-33,35-36,50-51H,4,10,18,34H2,1-3H3. The minimum atomic E-state index is 0.227. The molecule has 1 N–H and O–H groups in total. The molecule has 0 saturated heterocycles. The molecule has 0 spiro atoms. The molecule has 7 aromatic rings. The van der Waals surface area contributed by atoms with Gasteiger partial charge in [-0.05, 0) is 97.4 Å². The predicted octanol–water partition coefficient (Wildman–Crippen LogP) is 13.2. The summed E-state index contributed by atoms with van der Waals surface area (Å²) in [5.74, 6) is 0.464. The highest BCUT2D eigenvalue weighted by Crippen LogP contribution is 2.38. The first-order valence-corrected chi connectivity index (χ1v) is 19.0. The third-order valence-corrected chi connectivity index (χ3v) is 11.2. The van der Waals surface area contributed by atoms with Crippen molar-refractivity contribution < 1.29 is 0 Å². The summed E-state index contributed by atoms with van der Waals surface area (Å²) in [6.07, 6.45) is 10.1. The van der Waals surface area contributed by atoms with Gasteiger partial charge in [-0.2, -0.15) is 0 Å². The van der Waals surface area contributed by atoms with Gasteiger partial charge in [-0.15, -0.1) is 0 Å². The maximum Gasteiger partial charge on any atom is 0.0522 e. The molecule has 8 rings (SSSR count). The molecule has 0 radical (unpaired) electrons. The normalized spacial score (nSPS) is 14.9. The third kappa shape index (κ3) is 6.85. The molecule has 258 valence electrons. The number of nitrogens with zero attached hydrogens (tertiary/aromatic N) is 1. The minimum absolute atomic E-state index is 0.227. The Morgan fingerprint density at radius 1 is 0.577 bits per heavy atom. The maximum absolute atomic E-state index is 3.98. The van der Waals surface area contributed by atoms with E-state index in [1.807, 2.05) is 0 Å². The average molecular weight is 677 g/mol. The van der Waals surface area contributed by atoms with E-state index in [9.17, 15) is 0 Å². The number of allylic oxidation sites excluding steroid dienone is 3. The lowest BCUT2D eigenvalue weighted by Gasteiger charge is -2.39. The summed E-state index contributed by atoms with van der Waals surface area (Å²) < 4.78 is 0. The number of rotatable bonds is 11. The highest BCUT2D eigenvalue weighted by Gasteiger charge is 2.28. The molecule has 3 unspecified atom stereocenters. The van der Waals surface area contributed by atoms with E-state index < -0.39 is 0 Å². The second-order valence-corrected chi connectivity index (χ2v) is 14.6. The first-order chi connectivity index (χ1) is 25.6. The Balaban J connectivity index is 1.08. The van der Waals surface area contributed by atoms with Gasteiger partial charge in [-0.1, -0.05) is 184 Å². The number of benzene rings is 7. The molecule has 0 heterocycles. The van der Waals surface area contributed by atoms with Crippen LogP contribution in [0.4, 0.5) is 0 Å². The van der Waals surface area contributed by atoms with Crippen LogP contribution in [-0.4, -0.2) is 11.1 Å². The van der Waals surface area contributed by atoms with Gasteiger partial charge in [0.2, 0.25) is 0 Å². The smallest absolute Gasteiger partial charge is 0.0522 e. The average Bonchev–Trinajstić information content (AvgIpc) is 3.21. The number of hydrogen-bond acceptors (Lipinski definition) is 2. The zero-order valence-electron chi connectivity index (χ0n) is 30.6. The van der Waals surface area contributed by atoms with Gasteiger partial charge in [0.15, 0.2) is 0 Å². The Bertz CT molecular complexity index is 2330. The van der Waals surface area contributed by atoms with Gasteiger partial charge in [0.1, 0.15) is 0 Å². The fourth-order valence-corrected chi connectivity index (χ4v) is 8.17. The lowest BCUT2D eigenvalue weighted by atomic mass is 9.90. The Morgan fingerprint density at radius 2 is 1.10 bits per heavy atom. The first-order valence-electron chi connectivity index (χ1n) is 19.0. The van der Waals surface area contributed by atoms with E-state index in [4.69, 9.17) is 0 Å². The van der Waals surface area contributed by atoms with E-state index in [0.29, 0.717) is 5.92 Å². The van der Waals surface area contributed by atoms with E-state index in [0.717, 1.165) is 25.8 Å². The quantitative estimate of drug-likeness (QED) is 0.108. The predicted molar refractivity (Wildman–Crippen MR) is 223 cm³/mol. The second-order valence-electron chi connectivity index (χ2n) is 14.6. The molecule has 0 bridgehead atoms. The maximum atomic E-state index is 3.98. The van der Waals surface area contributed by atoms with Gasteiger partial charge >= 0.3 is 0 Å². The van der Waals surface area contributed by atoms with Gasteiger partial charge in [-0.25, -0.2) is 10.4 Å². The number of nitrogens with one attached hydrogen (secondary N) is 1. The van der Waals surface area contributed by atoms with Crippen LogP contribution >= 0.6 is 0 Å². The Labute approximate surface area is 309 Å². The highest BCUT2D eigenvalue weighted by atomic mass is 15.5. The summed E-state index contributed by atoms with van der Waals surface area (Å²) in [4.78, 5) is 0. The number of hydrogen-bond donors (Lipinski definition) is 1. The van der Waals surface area contributed by atoms with Crippen LogP contribution in [0.1, 0.15) is 57.2 Å². The fraction of sp³-hybridized carbons (Fsp3) is 0.200. The number of fused-ring (bicyclic) bond motifs is 6. The largest absolute Gasteiger partial charge is 0.247 e. The molecule has 0 aromatic heterocycles. The van der Waals surface area contributed by atoms with Crippen LogP contribution in [0, 0.1) is 5.92 Å². The zero-order chi connectivity index (χ0) is 35.4. The minimum Gasteiger partial charge on any atom is -0.247 e. The molecule has 3 atom stereocenters. The first kappa shape index (κ1) is 33.8. The highest BCUT2D eigenvalue weighted by molar-refractivity contribution is 6.25. The van der Waals surface area contributed by atoms with Crippen molar-refractivity contribution in [2.24, 2.45) is 5.92 Å². The molecule has 0 saturated carbocycles. The van der Waals surface area contributed by atoms with Crippen molar-refractivity contribution in [2.75, 3.05) is 0 Å². The van der Waals surface area contributed by atoms with Crippen LogP contribution in [0.25, 0.3) is 54.6 Å². The van der Waals surface area contributed by atoms with E-state index in [1.165, 1.54) is 71.3 Å². The van der Waals surface area contributed by atoms with Crippen molar-refractivity contribution in [3.63, 3.8) is 0 Å². The Kier molecular flexibility index (Phi) is 9.85. The van der Waals surface area contributed by atoms with Gasteiger partial charge in [0, 0.05) is 12.6 Å². The molecule has 2 nitrogen and oxygen atoms in total.